The van der Waals surface area contributed by atoms with E-state index in [0.717, 1.165) is 0 Å². The second-order valence-corrected chi connectivity index (χ2v) is 2.79. The largest absolute Gasteiger partial charge is 0.466 e. The third-order valence-electron chi connectivity index (χ3n) is 1.89. The lowest BCUT2D eigenvalue weighted by Gasteiger charge is -2.15. The van der Waals surface area contributed by atoms with Crippen LogP contribution in [0.2, 0.25) is 0 Å². The standard InChI is InChI=1S/C7H9F3O2/c8-7(9,10)5-1-2-6(11)12-4-3-5/h5H,1-4H2. The fourth-order valence-corrected chi connectivity index (χ4v) is 1.15. The number of hydrogen-bond donors (Lipinski definition) is 0. The molecular weight excluding hydrogens is 173 g/mol. The number of cyclic esters (lactones) is 1. The van der Waals surface area contributed by atoms with Crippen LogP contribution < -0.4 is 0 Å². The van der Waals surface area contributed by atoms with E-state index in [1.165, 1.54) is 0 Å². The second kappa shape index (κ2) is 3.33. The molecule has 0 saturated carbocycles. The molecule has 0 bridgehead atoms. The van der Waals surface area contributed by atoms with Gasteiger partial charge in [-0.25, -0.2) is 0 Å². The van der Waals surface area contributed by atoms with Crippen molar-refractivity contribution in [3.63, 3.8) is 0 Å². The molecule has 1 aliphatic rings. The molecule has 0 aliphatic carbocycles. The average molecular weight is 182 g/mol. The minimum absolute atomic E-state index is 0.102. The fourth-order valence-electron chi connectivity index (χ4n) is 1.15. The summed E-state index contributed by atoms with van der Waals surface area (Å²) in [7, 11) is 0. The van der Waals surface area contributed by atoms with Crippen LogP contribution in [0.5, 0.6) is 0 Å². The molecule has 2 nitrogen and oxygen atoms in total. The van der Waals surface area contributed by atoms with Crippen LogP contribution in [-0.2, 0) is 9.53 Å². The van der Waals surface area contributed by atoms with Crippen molar-refractivity contribution in [3.05, 3.63) is 0 Å². The number of esters is 1. The molecule has 5 heteroatoms. The first-order valence-corrected chi connectivity index (χ1v) is 3.72. The Morgan fingerprint density at radius 2 is 2.00 bits per heavy atom. The number of alkyl halides is 3. The SMILES string of the molecule is O=C1CCC(C(F)(F)F)CCO1. The van der Waals surface area contributed by atoms with Gasteiger partial charge in [0.05, 0.1) is 12.5 Å². The molecule has 1 heterocycles. The summed E-state index contributed by atoms with van der Waals surface area (Å²) in [6.45, 7) is -0.108. The smallest absolute Gasteiger partial charge is 0.391 e. The number of ether oxygens (including phenoxy) is 1. The van der Waals surface area contributed by atoms with E-state index in [4.69, 9.17) is 0 Å². The van der Waals surface area contributed by atoms with E-state index < -0.39 is 18.1 Å². The highest BCUT2D eigenvalue weighted by molar-refractivity contribution is 5.69. The normalized spacial score (nSPS) is 26.2. The fraction of sp³-hybridized carbons (Fsp3) is 0.857. The number of rotatable bonds is 0. The van der Waals surface area contributed by atoms with Crippen molar-refractivity contribution in [1.82, 2.24) is 0 Å². The van der Waals surface area contributed by atoms with E-state index in [1.54, 1.807) is 0 Å². The van der Waals surface area contributed by atoms with E-state index in [-0.39, 0.29) is 25.9 Å². The van der Waals surface area contributed by atoms with E-state index in [9.17, 15) is 18.0 Å². The maximum absolute atomic E-state index is 12.1. The van der Waals surface area contributed by atoms with Crippen LogP contribution in [-0.4, -0.2) is 18.8 Å². The van der Waals surface area contributed by atoms with Crippen LogP contribution in [0.4, 0.5) is 13.2 Å². The van der Waals surface area contributed by atoms with Gasteiger partial charge >= 0.3 is 12.1 Å². The Labute approximate surface area is 67.7 Å². The Hall–Kier alpha value is -0.740. The number of hydrogen-bond acceptors (Lipinski definition) is 2. The summed E-state index contributed by atoms with van der Waals surface area (Å²) in [6.07, 6.45) is -4.55. The van der Waals surface area contributed by atoms with Gasteiger partial charge in [0.1, 0.15) is 0 Å². The van der Waals surface area contributed by atoms with Gasteiger partial charge in [-0.15, -0.1) is 0 Å². The average Bonchev–Trinajstić information content (AvgIpc) is 2.11. The molecule has 0 radical (unpaired) electrons. The topological polar surface area (TPSA) is 26.3 Å². The molecule has 0 aromatic heterocycles. The summed E-state index contributed by atoms with van der Waals surface area (Å²) < 4.78 is 40.7. The first-order valence-electron chi connectivity index (χ1n) is 3.72. The molecule has 0 aromatic carbocycles. The zero-order chi connectivity index (χ0) is 9.19. The van der Waals surface area contributed by atoms with E-state index in [0.29, 0.717) is 0 Å². The Morgan fingerprint density at radius 3 is 2.58 bits per heavy atom. The molecule has 0 spiro atoms. The zero-order valence-corrected chi connectivity index (χ0v) is 6.36. The molecule has 12 heavy (non-hydrogen) atoms. The summed E-state index contributed by atoms with van der Waals surface area (Å²) in [5.41, 5.74) is 0. The third-order valence-corrected chi connectivity index (χ3v) is 1.89. The van der Waals surface area contributed by atoms with Crippen molar-refractivity contribution in [2.45, 2.75) is 25.4 Å². The highest BCUT2D eigenvalue weighted by Gasteiger charge is 2.40. The summed E-state index contributed by atoms with van der Waals surface area (Å²) in [5, 5.41) is 0. The zero-order valence-electron chi connectivity index (χ0n) is 6.36. The molecule has 1 fully saturated rings. The predicted molar refractivity (Wildman–Crippen MR) is 34.4 cm³/mol. The molecule has 0 aromatic rings. The summed E-state index contributed by atoms with van der Waals surface area (Å²) in [6, 6.07) is 0. The van der Waals surface area contributed by atoms with Gasteiger partial charge in [-0.2, -0.15) is 13.2 Å². The van der Waals surface area contributed by atoms with Crippen LogP contribution >= 0.6 is 0 Å². The molecule has 0 amide bonds. The van der Waals surface area contributed by atoms with Gasteiger partial charge < -0.3 is 4.74 Å². The van der Waals surface area contributed by atoms with Crippen LogP contribution in [0.1, 0.15) is 19.3 Å². The summed E-state index contributed by atoms with van der Waals surface area (Å²) >= 11 is 0. The number of carbonyl (C=O) groups excluding carboxylic acids is 1. The summed E-state index contributed by atoms with van der Waals surface area (Å²) in [4.78, 5) is 10.6. The molecule has 1 atom stereocenters. The molecule has 1 saturated heterocycles. The van der Waals surface area contributed by atoms with Crippen molar-refractivity contribution < 1.29 is 22.7 Å². The number of carbonyl (C=O) groups is 1. The van der Waals surface area contributed by atoms with Gasteiger partial charge in [0.25, 0.3) is 0 Å². The minimum Gasteiger partial charge on any atom is -0.466 e. The minimum atomic E-state index is -4.19. The van der Waals surface area contributed by atoms with E-state index in [1.807, 2.05) is 0 Å². The Morgan fingerprint density at radius 1 is 1.33 bits per heavy atom. The van der Waals surface area contributed by atoms with Crippen molar-refractivity contribution >= 4 is 5.97 Å². The lowest BCUT2D eigenvalue weighted by Crippen LogP contribution is -2.22. The van der Waals surface area contributed by atoms with Gasteiger partial charge in [-0.1, -0.05) is 0 Å². The van der Waals surface area contributed by atoms with Gasteiger partial charge in [-0.3, -0.25) is 4.79 Å². The summed E-state index contributed by atoms with van der Waals surface area (Å²) in [5.74, 6) is -1.90. The second-order valence-electron chi connectivity index (χ2n) is 2.79. The molecule has 1 aliphatic heterocycles. The highest BCUT2D eigenvalue weighted by Crippen LogP contribution is 2.33. The predicted octanol–water partition coefficient (Wildman–Crippen LogP) is 1.89. The van der Waals surface area contributed by atoms with Gasteiger partial charge in [-0.05, 0) is 12.8 Å². The first-order chi connectivity index (χ1) is 5.50. The monoisotopic (exact) mass is 182 g/mol. The molecule has 1 rings (SSSR count). The molecule has 0 N–H and O–H groups in total. The van der Waals surface area contributed by atoms with Crippen molar-refractivity contribution in [2.75, 3.05) is 6.61 Å². The first kappa shape index (κ1) is 9.35. The van der Waals surface area contributed by atoms with E-state index in [2.05, 4.69) is 4.74 Å². The van der Waals surface area contributed by atoms with Crippen molar-refractivity contribution in [3.8, 4) is 0 Å². The maximum atomic E-state index is 12.1. The third kappa shape index (κ3) is 2.39. The van der Waals surface area contributed by atoms with Crippen LogP contribution in [0.15, 0.2) is 0 Å². The van der Waals surface area contributed by atoms with Gasteiger partial charge in [0.2, 0.25) is 0 Å². The lowest BCUT2D eigenvalue weighted by molar-refractivity contribution is -0.177. The molecule has 1 unspecified atom stereocenters. The maximum Gasteiger partial charge on any atom is 0.391 e. The van der Waals surface area contributed by atoms with Crippen molar-refractivity contribution in [1.29, 1.82) is 0 Å². The molecule has 70 valence electrons. The van der Waals surface area contributed by atoms with Gasteiger partial charge in [0.15, 0.2) is 0 Å². The van der Waals surface area contributed by atoms with Crippen molar-refractivity contribution in [2.24, 2.45) is 5.92 Å². The lowest BCUT2D eigenvalue weighted by atomic mass is 10.0. The highest BCUT2D eigenvalue weighted by atomic mass is 19.4. The Balaban J connectivity index is 2.52. The Bertz CT molecular complexity index is 176. The van der Waals surface area contributed by atoms with Gasteiger partial charge in [0, 0.05) is 6.42 Å². The Kier molecular flexibility index (Phi) is 2.59. The van der Waals surface area contributed by atoms with Crippen LogP contribution in [0, 0.1) is 5.92 Å². The van der Waals surface area contributed by atoms with E-state index >= 15 is 0 Å². The van der Waals surface area contributed by atoms with Crippen LogP contribution in [0.3, 0.4) is 0 Å². The molecular formula is C7H9F3O2. The quantitative estimate of drug-likeness (QED) is 0.535. The van der Waals surface area contributed by atoms with Crippen LogP contribution in [0.25, 0.3) is 0 Å². The number of halogens is 3.